The third kappa shape index (κ3) is 2.02. The van der Waals surface area contributed by atoms with E-state index in [9.17, 15) is 15.3 Å². The number of carbonyl (C=O) groups excluding carboxylic acids is 1. The van der Waals surface area contributed by atoms with E-state index in [1.165, 1.54) is 28.0 Å². The second kappa shape index (κ2) is 5.53. The predicted octanol–water partition coefficient (Wildman–Crippen LogP) is 2.55. The Morgan fingerprint density at radius 1 is 1.36 bits per heavy atom. The first kappa shape index (κ1) is 14.7. The zero-order valence-electron chi connectivity index (χ0n) is 11.8. The van der Waals surface area contributed by atoms with Crippen molar-refractivity contribution in [2.75, 3.05) is 5.75 Å². The van der Waals surface area contributed by atoms with Crippen LogP contribution in [0.4, 0.5) is 0 Å². The van der Waals surface area contributed by atoms with Gasteiger partial charge in [-0.05, 0) is 23.9 Å². The Labute approximate surface area is 136 Å². The molecule has 2 aliphatic heterocycles. The molecule has 0 radical (unpaired) electrons. The number of nitriles is 2. The first-order valence-corrected chi connectivity index (χ1v) is 8.50. The van der Waals surface area contributed by atoms with Gasteiger partial charge in [0, 0.05) is 17.1 Å². The van der Waals surface area contributed by atoms with Crippen molar-refractivity contribution in [3.63, 3.8) is 0 Å². The quantitative estimate of drug-likeness (QED) is 0.855. The van der Waals surface area contributed by atoms with Gasteiger partial charge in [0.15, 0.2) is 0 Å². The molecule has 22 heavy (non-hydrogen) atoms. The molecule has 2 N–H and O–H groups in total. The molecule has 1 amide bonds. The Balaban J connectivity index is 2.27. The van der Waals surface area contributed by atoms with Crippen molar-refractivity contribution in [1.82, 2.24) is 4.90 Å². The highest BCUT2D eigenvalue weighted by atomic mass is 32.2. The maximum Gasteiger partial charge on any atom is 0.233 e. The van der Waals surface area contributed by atoms with Gasteiger partial charge in [0.05, 0.1) is 34.2 Å². The minimum absolute atomic E-state index is 0.159. The molecule has 2 aliphatic rings. The molecule has 1 unspecified atom stereocenters. The number of hydrogen-bond acceptors (Lipinski definition) is 6. The lowest BCUT2D eigenvalue weighted by Gasteiger charge is -2.36. The molecule has 5 nitrogen and oxygen atoms in total. The molecule has 1 aromatic heterocycles. The number of hydrogen-bond donors (Lipinski definition) is 1. The average Bonchev–Trinajstić information content (AvgIpc) is 2.92. The first-order valence-electron chi connectivity index (χ1n) is 6.64. The van der Waals surface area contributed by atoms with Crippen LogP contribution in [0.25, 0.3) is 0 Å². The number of carbonyl (C=O) groups is 1. The summed E-state index contributed by atoms with van der Waals surface area (Å²) in [5.74, 6) is 0.153. The fourth-order valence-corrected chi connectivity index (χ4v) is 4.84. The van der Waals surface area contributed by atoms with Crippen LogP contribution in [0.1, 0.15) is 22.8 Å². The number of nitrogens with two attached hydrogens (primary N) is 1. The summed E-state index contributed by atoms with van der Waals surface area (Å²) in [5, 5.41) is 21.7. The third-order valence-corrected chi connectivity index (χ3v) is 5.90. The van der Waals surface area contributed by atoms with Crippen molar-refractivity contribution < 1.29 is 4.79 Å². The highest BCUT2D eigenvalue weighted by molar-refractivity contribution is 8.03. The number of thioether (sulfide) groups is 1. The molecule has 1 atom stereocenters. The Morgan fingerprint density at radius 2 is 2.09 bits per heavy atom. The van der Waals surface area contributed by atoms with Crippen molar-refractivity contribution in [3.05, 3.63) is 43.9 Å². The van der Waals surface area contributed by atoms with Gasteiger partial charge in [0.1, 0.15) is 5.82 Å². The van der Waals surface area contributed by atoms with Gasteiger partial charge >= 0.3 is 0 Å². The van der Waals surface area contributed by atoms with Crippen LogP contribution < -0.4 is 5.73 Å². The number of fused-ring (bicyclic) bond motifs is 1. The molecule has 1 saturated heterocycles. The van der Waals surface area contributed by atoms with Gasteiger partial charge in [-0.15, -0.1) is 23.1 Å². The van der Waals surface area contributed by atoms with Crippen molar-refractivity contribution in [2.45, 2.75) is 19.3 Å². The van der Waals surface area contributed by atoms with Crippen LogP contribution in [-0.2, 0) is 4.79 Å². The highest BCUT2D eigenvalue weighted by Crippen LogP contribution is 2.47. The molecule has 0 bridgehead atoms. The molecule has 0 saturated carbocycles. The standard InChI is InChI=1S/C15H12N4OS2/c1-8-2-4-21-13(8)12-9(6-16)14(18)19-11(20)3-5-22-15(19)10(12)7-17/h2,4,12H,3,5,18H2,1H3. The molecule has 0 aromatic carbocycles. The van der Waals surface area contributed by atoms with Crippen LogP contribution in [-0.4, -0.2) is 16.6 Å². The van der Waals surface area contributed by atoms with E-state index in [0.717, 1.165) is 10.4 Å². The number of allylic oxidation sites excluding steroid dienone is 2. The lowest BCUT2D eigenvalue weighted by molar-refractivity contribution is -0.127. The fourth-order valence-electron chi connectivity index (χ4n) is 2.68. The van der Waals surface area contributed by atoms with Gasteiger partial charge in [-0.1, -0.05) is 0 Å². The molecule has 0 spiro atoms. The predicted molar refractivity (Wildman–Crippen MR) is 85.2 cm³/mol. The monoisotopic (exact) mass is 328 g/mol. The van der Waals surface area contributed by atoms with Crippen molar-refractivity contribution in [3.8, 4) is 12.1 Å². The largest absolute Gasteiger partial charge is 0.384 e. The van der Waals surface area contributed by atoms with Gasteiger partial charge in [-0.3, -0.25) is 9.69 Å². The summed E-state index contributed by atoms with van der Waals surface area (Å²) in [5.41, 5.74) is 7.84. The number of aryl methyl sites for hydroxylation is 1. The number of thiophene rings is 1. The lowest BCUT2D eigenvalue weighted by atomic mass is 9.87. The summed E-state index contributed by atoms with van der Waals surface area (Å²) in [6.07, 6.45) is 0.356. The maximum absolute atomic E-state index is 12.2. The fraction of sp³-hybridized carbons (Fsp3) is 0.267. The Kier molecular flexibility index (Phi) is 3.69. The van der Waals surface area contributed by atoms with Crippen molar-refractivity contribution in [1.29, 1.82) is 10.5 Å². The second-order valence-corrected chi connectivity index (χ2v) is 7.00. The molecular formula is C15H12N4OS2. The molecular weight excluding hydrogens is 316 g/mol. The molecule has 110 valence electrons. The zero-order valence-corrected chi connectivity index (χ0v) is 13.4. The lowest BCUT2D eigenvalue weighted by Crippen LogP contribution is -2.40. The SMILES string of the molecule is Cc1ccsc1C1C(C#N)=C(N)N2C(=O)CCSC2=C1C#N. The molecule has 3 heterocycles. The molecule has 1 aromatic rings. The van der Waals surface area contributed by atoms with E-state index in [0.29, 0.717) is 22.8 Å². The average molecular weight is 328 g/mol. The number of amides is 1. The van der Waals surface area contributed by atoms with E-state index in [2.05, 4.69) is 12.1 Å². The first-order chi connectivity index (χ1) is 10.6. The van der Waals surface area contributed by atoms with Crippen LogP contribution in [0.3, 0.4) is 0 Å². The molecule has 7 heteroatoms. The van der Waals surface area contributed by atoms with Gasteiger partial charge in [0.2, 0.25) is 5.91 Å². The molecule has 0 aliphatic carbocycles. The minimum Gasteiger partial charge on any atom is -0.384 e. The van der Waals surface area contributed by atoms with Crippen LogP contribution in [0.2, 0.25) is 0 Å². The summed E-state index contributed by atoms with van der Waals surface area (Å²) in [4.78, 5) is 14.4. The molecule has 3 rings (SSSR count). The van der Waals surface area contributed by atoms with E-state index in [1.807, 2.05) is 18.4 Å². The van der Waals surface area contributed by atoms with E-state index in [-0.39, 0.29) is 17.3 Å². The molecule has 1 fully saturated rings. The Bertz CT molecular complexity index is 806. The van der Waals surface area contributed by atoms with Crippen molar-refractivity contribution in [2.24, 2.45) is 5.73 Å². The van der Waals surface area contributed by atoms with Gasteiger partial charge in [0.25, 0.3) is 0 Å². The summed E-state index contributed by atoms with van der Waals surface area (Å²) < 4.78 is 0. The zero-order chi connectivity index (χ0) is 15.9. The van der Waals surface area contributed by atoms with E-state index in [4.69, 9.17) is 5.73 Å². The smallest absolute Gasteiger partial charge is 0.233 e. The van der Waals surface area contributed by atoms with Gasteiger partial charge < -0.3 is 5.73 Å². The minimum atomic E-state index is -0.473. The summed E-state index contributed by atoms with van der Waals surface area (Å²) >= 11 is 2.95. The summed E-state index contributed by atoms with van der Waals surface area (Å²) in [6, 6.07) is 6.27. The Hall–Kier alpha value is -2.22. The topological polar surface area (TPSA) is 93.9 Å². The van der Waals surface area contributed by atoms with Crippen LogP contribution in [0.5, 0.6) is 0 Å². The summed E-state index contributed by atoms with van der Waals surface area (Å²) in [7, 11) is 0. The maximum atomic E-state index is 12.2. The van der Waals surface area contributed by atoms with E-state index < -0.39 is 5.92 Å². The third-order valence-electron chi connectivity index (χ3n) is 3.74. The van der Waals surface area contributed by atoms with Crippen LogP contribution in [0, 0.1) is 29.6 Å². The summed E-state index contributed by atoms with van der Waals surface area (Å²) in [6.45, 7) is 1.95. The van der Waals surface area contributed by atoms with Crippen molar-refractivity contribution >= 4 is 29.0 Å². The Morgan fingerprint density at radius 3 is 2.68 bits per heavy atom. The second-order valence-electron chi connectivity index (χ2n) is 4.97. The van der Waals surface area contributed by atoms with E-state index in [1.54, 1.807) is 0 Å². The van der Waals surface area contributed by atoms with Crippen LogP contribution >= 0.6 is 23.1 Å². The van der Waals surface area contributed by atoms with Gasteiger partial charge in [-0.25, -0.2) is 0 Å². The van der Waals surface area contributed by atoms with E-state index >= 15 is 0 Å². The normalized spacial score (nSPS) is 21.5. The number of nitrogens with zero attached hydrogens (tertiary/aromatic N) is 3. The van der Waals surface area contributed by atoms with Crippen LogP contribution in [0.15, 0.2) is 33.4 Å². The number of rotatable bonds is 1. The van der Waals surface area contributed by atoms with Gasteiger partial charge in [-0.2, -0.15) is 10.5 Å². The highest BCUT2D eigenvalue weighted by Gasteiger charge is 2.40.